The Morgan fingerprint density at radius 3 is 2.07 bits per heavy atom. The second-order valence-corrected chi connectivity index (χ2v) is 21.9. The van der Waals surface area contributed by atoms with Gasteiger partial charge in [-0.2, -0.15) is 0 Å². The van der Waals surface area contributed by atoms with Crippen LogP contribution in [0.2, 0.25) is 13.3 Å². The zero-order chi connectivity index (χ0) is 21.4. The number of nitrogens with one attached hydrogen (secondary N) is 1. The maximum atomic E-state index is 6.20. The van der Waals surface area contributed by atoms with Gasteiger partial charge in [0.1, 0.15) is 0 Å². The molecular formula is C26H38N2OSn. The monoisotopic (exact) mass is 514 g/mol. The van der Waals surface area contributed by atoms with Gasteiger partial charge in [-0.1, -0.05) is 0 Å². The molecule has 2 aromatic heterocycles. The Bertz CT molecular complexity index is 895. The van der Waals surface area contributed by atoms with E-state index in [-0.39, 0.29) is 0 Å². The van der Waals surface area contributed by atoms with Crippen LogP contribution in [0.5, 0.6) is 0 Å². The van der Waals surface area contributed by atoms with E-state index in [2.05, 4.69) is 61.4 Å². The molecule has 0 spiro atoms. The molecule has 2 heterocycles. The van der Waals surface area contributed by atoms with Crippen molar-refractivity contribution >= 4 is 38.7 Å². The van der Waals surface area contributed by atoms with Gasteiger partial charge in [0.2, 0.25) is 0 Å². The molecule has 0 unspecified atom stereocenters. The van der Waals surface area contributed by atoms with Gasteiger partial charge < -0.3 is 0 Å². The minimum atomic E-state index is -2.41. The molecule has 1 N–H and O–H groups in total. The topological polar surface area (TPSA) is 38.1 Å². The Labute approximate surface area is 186 Å². The van der Waals surface area contributed by atoms with Gasteiger partial charge in [0.05, 0.1) is 0 Å². The van der Waals surface area contributed by atoms with E-state index in [1.54, 1.807) is 3.58 Å². The fourth-order valence-electron chi connectivity index (χ4n) is 4.56. The molecule has 0 atom stereocenters. The molecule has 0 aliphatic heterocycles. The van der Waals surface area contributed by atoms with Gasteiger partial charge in [-0.15, -0.1) is 0 Å². The third-order valence-corrected chi connectivity index (χ3v) is 22.1. The van der Waals surface area contributed by atoms with E-state index in [9.17, 15) is 0 Å². The van der Waals surface area contributed by atoms with Crippen molar-refractivity contribution in [2.75, 3.05) is 12.4 Å². The second kappa shape index (κ2) is 11.2. The molecule has 4 heteroatoms. The molecular weight excluding hydrogens is 475 g/mol. The van der Waals surface area contributed by atoms with Crippen molar-refractivity contribution in [3.63, 3.8) is 0 Å². The standard InChI is InChI=1S/C14H11N2O.3C4H9.Sn/c1-15-14-7-6-11(9-16-14)13-8-10-4-2-3-5-12(10)17-13;3*1-3-4-2;/h3-9H,1H3,(H,15,16);3*1,3-4H2,2H3;. The summed E-state index contributed by atoms with van der Waals surface area (Å²) >= 11 is -2.41. The summed E-state index contributed by atoms with van der Waals surface area (Å²) < 4.78 is 12.4. The average molecular weight is 513 g/mol. The number of rotatable bonds is 12. The number of unbranched alkanes of at least 4 members (excludes halogenated alkanes) is 3. The number of anilines is 1. The number of benzene rings is 1. The summed E-state index contributed by atoms with van der Waals surface area (Å²) in [5.74, 6) is 1.78. The number of hydrogen-bond donors (Lipinski definition) is 1. The van der Waals surface area contributed by atoms with Crippen LogP contribution in [0.4, 0.5) is 5.82 Å². The second-order valence-electron chi connectivity index (χ2n) is 8.64. The zero-order valence-corrected chi connectivity index (χ0v) is 22.1. The fraction of sp³-hybridized carbons (Fsp3) is 0.500. The average Bonchev–Trinajstić information content (AvgIpc) is 3.22. The van der Waals surface area contributed by atoms with Crippen LogP contribution in [0, 0.1) is 0 Å². The third kappa shape index (κ3) is 5.40. The van der Waals surface area contributed by atoms with Crippen LogP contribution in [0.25, 0.3) is 22.3 Å². The van der Waals surface area contributed by atoms with Crippen LogP contribution in [-0.2, 0) is 0 Å². The number of nitrogens with zero attached hydrogens (tertiary/aromatic N) is 1. The van der Waals surface area contributed by atoms with Gasteiger partial charge in [0.25, 0.3) is 0 Å². The Morgan fingerprint density at radius 1 is 0.867 bits per heavy atom. The van der Waals surface area contributed by atoms with E-state index in [4.69, 9.17) is 4.42 Å². The molecule has 0 amide bonds. The molecule has 0 fully saturated rings. The van der Waals surface area contributed by atoms with Crippen LogP contribution < -0.4 is 8.90 Å². The van der Waals surface area contributed by atoms with Gasteiger partial charge in [-0.3, -0.25) is 0 Å². The maximum absolute atomic E-state index is 6.20. The first-order valence-electron chi connectivity index (χ1n) is 11.8. The molecule has 3 rings (SSSR count). The predicted molar refractivity (Wildman–Crippen MR) is 134 cm³/mol. The summed E-state index contributed by atoms with van der Waals surface area (Å²) in [4.78, 5) is 4.44. The van der Waals surface area contributed by atoms with Gasteiger partial charge in [0, 0.05) is 0 Å². The fourth-order valence-corrected chi connectivity index (χ4v) is 20.6. The first-order valence-corrected chi connectivity index (χ1v) is 19.3. The van der Waals surface area contributed by atoms with Crippen molar-refractivity contribution in [2.45, 2.75) is 72.6 Å². The van der Waals surface area contributed by atoms with E-state index in [0.29, 0.717) is 0 Å². The Kier molecular flexibility index (Phi) is 8.67. The number of pyridine rings is 1. The molecule has 3 nitrogen and oxygen atoms in total. The molecule has 30 heavy (non-hydrogen) atoms. The van der Waals surface area contributed by atoms with Gasteiger partial charge in [-0.05, 0) is 0 Å². The van der Waals surface area contributed by atoms with Gasteiger partial charge in [0.15, 0.2) is 0 Å². The first kappa shape index (κ1) is 23.2. The van der Waals surface area contributed by atoms with Crippen molar-refractivity contribution in [1.82, 2.24) is 4.98 Å². The summed E-state index contributed by atoms with van der Waals surface area (Å²) in [5, 5.41) is 4.33. The predicted octanol–water partition coefficient (Wildman–Crippen LogP) is 7.59. The molecule has 0 radical (unpaired) electrons. The Balaban J connectivity index is 1.98. The number of furan rings is 1. The van der Waals surface area contributed by atoms with Crippen molar-refractivity contribution in [2.24, 2.45) is 0 Å². The minimum absolute atomic E-state index is 0.874. The van der Waals surface area contributed by atoms with E-state index in [1.165, 1.54) is 57.2 Å². The number of aromatic nitrogens is 1. The van der Waals surface area contributed by atoms with Crippen molar-refractivity contribution in [3.8, 4) is 11.3 Å². The van der Waals surface area contributed by atoms with Crippen LogP contribution in [0.15, 0.2) is 47.0 Å². The summed E-state index contributed by atoms with van der Waals surface area (Å²) in [6, 6.07) is 13.4. The quantitative estimate of drug-likeness (QED) is 0.254. The Hall–Kier alpha value is -1.49. The SMILES string of the molecule is CCC[CH2][Sn]([CH2]CCC)([CH2]CCC)[c]1ccc2oc(-c3ccc(NC)nc3)cc2c1. The zero-order valence-electron chi connectivity index (χ0n) is 19.3. The van der Waals surface area contributed by atoms with Crippen LogP contribution >= 0.6 is 0 Å². The van der Waals surface area contributed by atoms with E-state index < -0.39 is 18.4 Å². The molecule has 0 bridgehead atoms. The van der Waals surface area contributed by atoms with Gasteiger partial charge in [-0.25, -0.2) is 0 Å². The molecule has 0 aliphatic carbocycles. The van der Waals surface area contributed by atoms with Crippen LogP contribution in [0.3, 0.4) is 0 Å². The van der Waals surface area contributed by atoms with Gasteiger partial charge >= 0.3 is 187 Å². The van der Waals surface area contributed by atoms with Crippen LogP contribution in [0.1, 0.15) is 59.3 Å². The van der Waals surface area contributed by atoms with E-state index >= 15 is 0 Å². The molecule has 0 saturated heterocycles. The van der Waals surface area contributed by atoms with E-state index in [0.717, 1.165) is 22.7 Å². The molecule has 162 valence electrons. The normalized spacial score (nSPS) is 11.9. The van der Waals surface area contributed by atoms with E-state index in [1.807, 2.05) is 19.3 Å². The van der Waals surface area contributed by atoms with Crippen molar-refractivity contribution in [3.05, 3.63) is 42.6 Å². The Morgan fingerprint density at radius 2 is 1.53 bits per heavy atom. The molecule has 0 saturated carbocycles. The molecule has 1 aromatic carbocycles. The summed E-state index contributed by atoms with van der Waals surface area (Å²) in [6.07, 6.45) is 9.99. The van der Waals surface area contributed by atoms with Crippen molar-refractivity contribution < 1.29 is 4.42 Å². The molecule has 3 aromatic rings. The first-order chi connectivity index (χ1) is 14.7. The van der Waals surface area contributed by atoms with Crippen LogP contribution in [-0.4, -0.2) is 30.4 Å². The summed E-state index contributed by atoms with van der Waals surface area (Å²) in [6.45, 7) is 7.03. The number of hydrogen-bond acceptors (Lipinski definition) is 3. The molecule has 0 aliphatic rings. The third-order valence-electron chi connectivity index (χ3n) is 6.46. The number of fused-ring (bicyclic) bond motifs is 1. The summed E-state index contributed by atoms with van der Waals surface area (Å²) in [5.41, 5.74) is 2.03. The summed E-state index contributed by atoms with van der Waals surface area (Å²) in [7, 11) is 1.89. The van der Waals surface area contributed by atoms with Crippen molar-refractivity contribution in [1.29, 1.82) is 0 Å².